The summed E-state index contributed by atoms with van der Waals surface area (Å²) >= 11 is 0. The summed E-state index contributed by atoms with van der Waals surface area (Å²) in [6.07, 6.45) is 0.234. The maximum Gasteiger partial charge on any atom is 0.0805 e. The first kappa shape index (κ1) is 17.4. The minimum Gasteiger partial charge on any atom is -0.394 e. The van der Waals surface area contributed by atoms with Crippen LogP contribution in [0.5, 0.6) is 0 Å². The smallest absolute Gasteiger partial charge is 0.0805 e. The van der Waals surface area contributed by atoms with Gasteiger partial charge in [0.15, 0.2) is 0 Å². The maximum absolute atomic E-state index is 7.62. The van der Waals surface area contributed by atoms with Crippen LogP contribution in [0.3, 0.4) is 0 Å². The minimum absolute atomic E-state index is 0.117. The summed E-state index contributed by atoms with van der Waals surface area (Å²) in [5, 5.41) is 15.2. The third kappa shape index (κ3) is 6.54. The summed E-state index contributed by atoms with van der Waals surface area (Å²) in [5.41, 5.74) is 2.44. The van der Waals surface area contributed by atoms with Crippen LogP contribution < -0.4 is 0 Å². The largest absolute Gasteiger partial charge is 0.394 e. The predicted molar refractivity (Wildman–Crippen MR) is 85.0 cm³/mol. The van der Waals surface area contributed by atoms with E-state index >= 15 is 0 Å². The van der Waals surface area contributed by atoms with Gasteiger partial charge in [-0.25, -0.2) is 0 Å². The lowest BCUT2D eigenvalue weighted by Gasteiger charge is -2.19. The van der Waals surface area contributed by atoms with Crippen LogP contribution in [-0.4, -0.2) is 23.4 Å². The van der Waals surface area contributed by atoms with Crippen molar-refractivity contribution in [3.05, 3.63) is 71.8 Å². The predicted octanol–water partition coefficient (Wildman–Crippen LogP) is 3.50. The molecule has 21 heavy (non-hydrogen) atoms. The third-order valence-corrected chi connectivity index (χ3v) is 3.05. The topological polar surface area (TPSA) is 49.7 Å². The molecular weight excluding hydrogens is 264 g/mol. The SMILES string of the molecule is CC(OC(C)c1ccccc1)c1ccccc1.OCCO. The molecule has 3 heteroatoms. The molecular formula is C18H24O3. The molecule has 0 saturated heterocycles. The number of aliphatic hydroxyl groups is 2. The van der Waals surface area contributed by atoms with Gasteiger partial charge in [-0.2, -0.15) is 0 Å². The van der Waals surface area contributed by atoms with Gasteiger partial charge in [0.1, 0.15) is 0 Å². The van der Waals surface area contributed by atoms with Gasteiger partial charge in [-0.05, 0) is 25.0 Å². The van der Waals surface area contributed by atoms with Crippen molar-refractivity contribution in [1.29, 1.82) is 0 Å². The molecule has 0 fully saturated rings. The second-order valence-electron chi connectivity index (χ2n) is 4.69. The van der Waals surface area contributed by atoms with E-state index in [1.54, 1.807) is 0 Å². The Kier molecular flexibility index (Phi) is 8.36. The Balaban J connectivity index is 0.000000491. The molecule has 2 N–H and O–H groups in total. The van der Waals surface area contributed by atoms with Crippen LogP contribution >= 0.6 is 0 Å². The van der Waals surface area contributed by atoms with E-state index in [1.807, 2.05) is 36.4 Å². The zero-order valence-electron chi connectivity index (χ0n) is 12.6. The normalized spacial score (nSPS) is 13.0. The minimum atomic E-state index is -0.125. The molecule has 0 aromatic heterocycles. The van der Waals surface area contributed by atoms with Gasteiger partial charge in [-0.15, -0.1) is 0 Å². The molecule has 0 aliphatic carbocycles. The first-order valence-corrected chi connectivity index (χ1v) is 7.16. The Morgan fingerprint density at radius 1 is 0.714 bits per heavy atom. The first-order chi connectivity index (χ1) is 10.2. The molecule has 3 nitrogen and oxygen atoms in total. The molecule has 0 spiro atoms. The highest BCUT2D eigenvalue weighted by Gasteiger charge is 2.11. The Hall–Kier alpha value is -1.68. The summed E-state index contributed by atoms with van der Waals surface area (Å²) in [5.74, 6) is 0. The summed E-state index contributed by atoms with van der Waals surface area (Å²) in [6.45, 7) is 3.93. The Bertz CT molecular complexity index is 425. The average Bonchev–Trinajstić information content (AvgIpc) is 2.56. The number of rotatable bonds is 5. The number of hydrogen-bond donors (Lipinski definition) is 2. The third-order valence-electron chi connectivity index (χ3n) is 3.05. The summed E-state index contributed by atoms with van der Waals surface area (Å²) in [6, 6.07) is 20.6. The van der Waals surface area contributed by atoms with Crippen LogP contribution in [0.15, 0.2) is 60.7 Å². The molecule has 2 rings (SSSR count). The van der Waals surface area contributed by atoms with Crippen LogP contribution in [-0.2, 0) is 4.74 Å². The van der Waals surface area contributed by atoms with Crippen molar-refractivity contribution in [2.24, 2.45) is 0 Å². The van der Waals surface area contributed by atoms with E-state index in [9.17, 15) is 0 Å². The molecule has 0 saturated carbocycles. The first-order valence-electron chi connectivity index (χ1n) is 7.16. The molecule has 0 aliphatic rings. The van der Waals surface area contributed by atoms with E-state index in [4.69, 9.17) is 14.9 Å². The Labute approximate surface area is 126 Å². The van der Waals surface area contributed by atoms with Crippen molar-refractivity contribution in [3.63, 3.8) is 0 Å². The summed E-state index contributed by atoms with van der Waals surface area (Å²) in [4.78, 5) is 0. The van der Waals surface area contributed by atoms with Gasteiger partial charge in [0.25, 0.3) is 0 Å². The zero-order valence-corrected chi connectivity index (χ0v) is 12.6. The number of benzene rings is 2. The molecule has 0 radical (unpaired) electrons. The molecule has 2 aromatic carbocycles. The van der Waals surface area contributed by atoms with E-state index in [0.29, 0.717) is 0 Å². The van der Waals surface area contributed by atoms with E-state index < -0.39 is 0 Å². The number of aliphatic hydroxyl groups excluding tert-OH is 2. The molecule has 0 heterocycles. The van der Waals surface area contributed by atoms with E-state index in [-0.39, 0.29) is 25.4 Å². The summed E-state index contributed by atoms with van der Waals surface area (Å²) in [7, 11) is 0. The second-order valence-corrected chi connectivity index (χ2v) is 4.69. The van der Waals surface area contributed by atoms with Gasteiger partial charge in [0.2, 0.25) is 0 Å². The lowest BCUT2D eigenvalue weighted by Crippen LogP contribution is -2.04. The molecule has 0 bridgehead atoms. The van der Waals surface area contributed by atoms with Crippen molar-refractivity contribution in [1.82, 2.24) is 0 Å². The Morgan fingerprint density at radius 2 is 1.05 bits per heavy atom. The van der Waals surface area contributed by atoms with Gasteiger partial charge in [-0.3, -0.25) is 0 Å². The summed E-state index contributed by atoms with van der Waals surface area (Å²) < 4.78 is 6.02. The molecule has 0 amide bonds. The zero-order chi connectivity index (χ0) is 15.5. The molecule has 2 aromatic rings. The van der Waals surface area contributed by atoms with Gasteiger partial charge in [0, 0.05) is 0 Å². The number of hydrogen-bond acceptors (Lipinski definition) is 3. The quantitative estimate of drug-likeness (QED) is 0.885. The van der Waals surface area contributed by atoms with Crippen molar-refractivity contribution in [2.45, 2.75) is 26.1 Å². The lowest BCUT2D eigenvalue weighted by atomic mass is 10.1. The fourth-order valence-corrected chi connectivity index (χ4v) is 1.91. The average molecular weight is 288 g/mol. The second kappa shape index (κ2) is 10.1. The van der Waals surface area contributed by atoms with Crippen molar-refractivity contribution < 1.29 is 14.9 Å². The molecule has 2 atom stereocenters. The van der Waals surface area contributed by atoms with Crippen molar-refractivity contribution in [3.8, 4) is 0 Å². The van der Waals surface area contributed by atoms with Gasteiger partial charge in [0.05, 0.1) is 25.4 Å². The van der Waals surface area contributed by atoms with Crippen LogP contribution in [0.2, 0.25) is 0 Å². The van der Waals surface area contributed by atoms with Crippen molar-refractivity contribution >= 4 is 0 Å². The molecule has 114 valence electrons. The fourth-order valence-electron chi connectivity index (χ4n) is 1.91. The van der Waals surface area contributed by atoms with Gasteiger partial charge in [-0.1, -0.05) is 60.7 Å². The van der Waals surface area contributed by atoms with E-state index in [0.717, 1.165) is 0 Å². The number of ether oxygens (including phenoxy) is 1. The van der Waals surface area contributed by atoms with Crippen LogP contribution in [0.4, 0.5) is 0 Å². The molecule has 2 unspecified atom stereocenters. The van der Waals surface area contributed by atoms with Crippen LogP contribution in [0.25, 0.3) is 0 Å². The Morgan fingerprint density at radius 3 is 1.33 bits per heavy atom. The maximum atomic E-state index is 7.62. The highest BCUT2D eigenvalue weighted by atomic mass is 16.5. The van der Waals surface area contributed by atoms with E-state index in [2.05, 4.69) is 38.1 Å². The lowest BCUT2D eigenvalue weighted by molar-refractivity contribution is 0.00586. The van der Waals surface area contributed by atoms with Crippen LogP contribution in [0.1, 0.15) is 37.2 Å². The van der Waals surface area contributed by atoms with Gasteiger partial charge >= 0.3 is 0 Å². The van der Waals surface area contributed by atoms with Crippen LogP contribution in [0, 0.1) is 0 Å². The molecule has 0 aliphatic heterocycles. The van der Waals surface area contributed by atoms with Gasteiger partial charge < -0.3 is 14.9 Å². The highest BCUT2D eigenvalue weighted by Crippen LogP contribution is 2.25. The van der Waals surface area contributed by atoms with E-state index in [1.165, 1.54) is 11.1 Å². The monoisotopic (exact) mass is 288 g/mol. The fraction of sp³-hybridized carbons (Fsp3) is 0.333. The highest BCUT2D eigenvalue weighted by molar-refractivity contribution is 5.19. The standard InChI is InChI=1S/C16H18O.C2H6O2/c1-13(15-9-5-3-6-10-15)17-14(2)16-11-7-4-8-12-16;3-1-2-4/h3-14H,1-2H3;3-4H,1-2H2. The van der Waals surface area contributed by atoms with Crippen molar-refractivity contribution in [2.75, 3.05) is 13.2 Å².